The number of carbonyl (C=O) groups is 1. The van der Waals surface area contributed by atoms with Crippen molar-refractivity contribution in [3.8, 4) is 0 Å². The third-order valence-corrected chi connectivity index (χ3v) is 3.04. The molecule has 4 heteroatoms. The number of morpholine rings is 1. The second kappa shape index (κ2) is 4.75. The van der Waals surface area contributed by atoms with Crippen molar-refractivity contribution in [2.24, 2.45) is 0 Å². The molecule has 2 rings (SSSR count). The summed E-state index contributed by atoms with van der Waals surface area (Å²) < 4.78 is 5.34. The Bertz CT molecular complexity index is 418. The van der Waals surface area contributed by atoms with Crippen LogP contribution in [0.4, 0.5) is 5.69 Å². The summed E-state index contributed by atoms with van der Waals surface area (Å²) in [6, 6.07) is 7.71. The molecule has 1 unspecified atom stereocenters. The van der Waals surface area contributed by atoms with E-state index in [1.54, 1.807) is 0 Å². The number of nitrogens with two attached hydrogens (primary N) is 1. The molecule has 4 nitrogen and oxygen atoms in total. The summed E-state index contributed by atoms with van der Waals surface area (Å²) in [5.41, 5.74) is 7.64. The molecule has 0 bridgehead atoms. The van der Waals surface area contributed by atoms with Gasteiger partial charge in [0, 0.05) is 11.7 Å². The van der Waals surface area contributed by atoms with Crippen molar-refractivity contribution in [2.45, 2.75) is 25.9 Å². The van der Waals surface area contributed by atoms with E-state index in [4.69, 9.17) is 10.5 Å². The fraction of sp³-hybridized carbons (Fsp3) is 0.462. The maximum Gasteiger partial charge on any atom is 0.249 e. The molecule has 92 valence electrons. The quantitative estimate of drug-likeness (QED) is 0.790. The molecular weight excluding hydrogens is 216 g/mol. The van der Waals surface area contributed by atoms with Gasteiger partial charge in [-0.25, -0.2) is 0 Å². The molecule has 1 aromatic rings. The van der Waals surface area contributed by atoms with Gasteiger partial charge in [-0.2, -0.15) is 0 Å². The highest BCUT2D eigenvalue weighted by molar-refractivity contribution is 5.79. The van der Waals surface area contributed by atoms with Gasteiger partial charge in [-0.05, 0) is 25.5 Å². The van der Waals surface area contributed by atoms with Gasteiger partial charge in [0.1, 0.15) is 6.61 Å². The molecule has 1 atom stereocenters. The van der Waals surface area contributed by atoms with E-state index in [9.17, 15) is 4.79 Å². The van der Waals surface area contributed by atoms with Gasteiger partial charge in [0.05, 0.1) is 12.6 Å². The van der Waals surface area contributed by atoms with Gasteiger partial charge in [0.2, 0.25) is 5.91 Å². The topological polar surface area (TPSA) is 55.6 Å². The van der Waals surface area contributed by atoms with Crippen molar-refractivity contribution in [2.75, 3.05) is 18.9 Å². The van der Waals surface area contributed by atoms with E-state index in [-0.39, 0.29) is 24.6 Å². The number of ether oxygens (including phenoxy) is 1. The smallest absolute Gasteiger partial charge is 0.249 e. The van der Waals surface area contributed by atoms with Crippen molar-refractivity contribution >= 4 is 11.6 Å². The number of anilines is 1. The van der Waals surface area contributed by atoms with E-state index in [1.165, 1.54) is 0 Å². The van der Waals surface area contributed by atoms with E-state index < -0.39 is 0 Å². The van der Waals surface area contributed by atoms with Crippen LogP contribution in [0.3, 0.4) is 0 Å². The first kappa shape index (κ1) is 11.9. The molecule has 1 aromatic carbocycles. The predicted molar refractivity (Wildman–Crippen MR) is 66.4 cm³/mol. The number of nitrogens with zero attached hydrogens (tertiary/aromatic N) is 1. The average molecular weight is 234 g/mol. The van der Waals surface area contributed by atoms with Crippen LogP contribution in [-0.4, -0.2) is 30.1 Å². The van der Waals surface area contributed by atoms with Crippen molar-refractivity contribution in [1.29, 1.82) is 0 Å². The Balaban J connectivity index is 2.35. The van der Waals surface area contributed by atoms with E-state index in [2.05, 4.69) is 0 Å². The Hall–Kier alpha value is -1.55. The minimum atomic E-state index is -0.0718. The number of amides is 1. The van der Waals surface area contributed by atoms with Crippen molar-refractivity contribution in [3.63, 3.8) is 0 Å². The van der Waals surface area contributed by atoms with Crippen LogP contribution in [0, 0.1) is 0 Å². The SMILES string of the molecule is CC(C)N1C(=O)COCC1c1ccccc1N. The molecule has 0 aliphatic carbocycles. The molecule has 1 aliphatic rings. The number of nitrogen functional groups attached to an aromatic ring is 1. The highest BCUT2D eigenvalue weighted by Crippen LogP contribution is 2.30. The van der Waals surface area contributed by atoms with Crippen LogP contribution in [0.25, 0.3) is 0 Å². The summed E-state index contributed by atoms with van der Waals surface area (Å²) in [7, 11) is 0. The highest BCUT2D eigenvalue weighted by Gasteiger charge is 2.32. The van der Waals surface area contributed by atoms with Gasteiger partial charge in [0.15, 0.2) is 0 Å². The van der Waals surface area contributed by atoms with Crippen LogP contribution >= 0.6 is 0 Å². The van der Waals surface area contributed by atoms with Gasteiger partial charge in [-0.3, -0.25) is 4.79 Å². The zero-order valence-electron chi connectivity index (χ0n) is 10.2. The number of hydrogen-bond acceptors (Lipinski definition) is 3. The van der Waals surface area contributed by atoms with E-state index in [1.807, 2.05) is 43.0 Å². The van der Waals surface area contributed by atoms with Crippen LogP contribution in [0.15, 0.2) is 24.3 Å². The fourth-order valence-corrected chi connectivity index (χ4v) is 2.29. The van der Waals surface area contributed by atoms with Crippen LogP contribution in [0.1, 0.15) is 25.5 Å². The minimum Gasteiger partial charge on any atom is -0.398 e. The summed E-state index contributed by atoms with van der Waals surface area (Å²) in [6.07, 6.45) is 0. The Labute approximate surface area is 101 Å². The third kappa shape index (κ3) is 2.26. The molecule has 1 saturated heterocycles. The summed E-state index contributed by atoms with van der Waals surface area (Å²) in [5, 5.41) is 0. The van der Waals surface area contributed by atoms with Gasteiger partial charge < -0.3 is 15.4 Å². The number of hydrogen-bond donors (Lipinski definition) is 1. The van der Waals surface area contributed by atoms with E-state index in [0.717, 1.165) is 5.56 Å². The van der Waals surface area contributed by atoms with Crippen LogP contribution < -0.4 is 5.73 Å². The van der Waals surface area contributed by atoms with Crippen LogP contribution in [0.2, 0.25) is 0 Å². The Kier molecular flexibility index (Phi) is 3.33. The summed E-state index contributed by atoms with van der Waals surface area (Å²) in [6.45, 7) is 4.70. The van der Waals surface area contributed by atoms with Gasteiger partial charge in [-0.15, -0.1) is 0 Å². The Morgan fingerprint density at radius 1 is 1.41 bits per heavy atom. The maximum absolute atomic E-state index is 11.9. The first-order valence-electron chi connectivity index (χ1n) is 5.84. The summed E-state index contributed by atoms with van der Waals surface area (Å²) in [4.78, 5) is 13.7. The van der Waals surface area contributed by atoms with E-state index in [0.29, 0.717) is 12.3 Å². The molecule has 1 fully saturated rings. The lowest BCUT2D eigenvalue weighted by atomic mass is 10.0. The molecule has 0 saturated carbocycles. The normalized spacial score (nSPS) is 21.0. The largest absolute Gasteiger partial charge is 0.398 e. The fourth-order valence-electron chi connectivity index (χ4n) is 2.29. The van der Waals surface area contributed by atoms with E-state index >= 15 is 0 Å². The van der Waals surface area contributed by atoms with Crippen LogP contribution in [0.5, 0.6) is 0 Å². The molecule has 1 amide bonds. The molecule has 0 spiro atoms. The van der Waals surface area contributed by atoms with Crippen molar-refractivity contribution in [1.82, 2.24) is 4.90 Å². The lowest BCUT2D eigenvalue weighted by molar-refractivity contribution is -0.151. The zero-order chi connectivity index (χ0) is 12.4. The zero-order valence-corrected chi connectivity index (χ0v) is 10.2. The lowest BCUT2D eigenvalue weighted by Crippen LogP contribution is -2.47. The van der Waals surface area contributed by atoms with Crippen molar-refractivity contribution in [3.05, 3.63) is 29.8 Å². The van der Waals surface area contributed by atoms with Gasteiger partial charge >= 0.3 is 0 Å². The van der Waals surface area contributed by atoms with Crippen LogP contribution in [-0.2, 0) is 9.53 Å². The summed E-state index contributed by atoms with van der Waals surface area (Å²) in [5.74, 6) is 0.0273. The molecular formula is C13H18N2O2. The second-order valence-corrected chi connectivity index (χ2v) is 4.55. The molecule has 1 heterocycles. The molecule has 2 N–H and O–H groups in total. The first-order chi connectivity index (χ1) is 8.11. The predicted octanol–water partition coefficient (Wildman–Crippen LogP) is 1.58. The first-order valence-corrected chi connectivity index (χ1v) is 5.84. The lowest BCUT2D eigenvalue weighted by Gasteiger charge is -2.39. The number of benzene rings is 1. The van der Waals surface area contributed by atoms with Gasteiger partial charge in [0.25, 0.3) is 0 Å². The molecule has 1 aliphatic heterocycles. The monoisotopic (exact) mass is 234 g/mol. The average Bonchev–Trinajstić information content (AvgIpc) is 2.28. The summed E-state index contributed by atoms with van der Waals surface area (Å²) >= 11 is 0. The molecule has 0 radical (unpaired) electrons. The van der Waals surface area contributed by atoms with Gasteiger partial charge in [-0.1, -0.05) is 18.2 Å². The third-order valence-electron chi connectivity index (χ3n) is 3.04. The number of para-hydroxylation sites is 1. The van der Waals surface area contributed by atoms with Crippen molar-refractivity contribution < 1.29 is 9.53 Å². The maximum atomic E-state index is 11.9. The standard InChI is InChI=1S/C13H18N2O2/c1-9(2)15-12(7-17-8-13(15)16)10-5-3-4-6-11(10)14/h3-6,9,12H,7-8,14H2,1-2H3. The Morgan fingerprint density at radius 3 is 2.76 bits per heavy atom. The molecule has 0 aromatic heterocycles. The highest BCUT2D eigenvalue weighted by atomic mass is 16.5. The molecule has 17 heavy (non-hydrogen) atoms. The number of carbonyl (C=O) groups excluding carboxylic acids is 1. The number of rotatable bonds is 2. The Morgan fingerprint density at radius 2 is 2.12 bits per heavy atom. The second-order valence-electron chi connectivity index (χ2n) is 4.55. The minimum absolute atomic E-state index is 0.0273.